The van der Waals surface area contributed by atoms with E-state index in [1.54, 1.807) is 12.1 Å². The van der Waals surface area contributed by atoms with Gasteiger partial charge in [0, 0.05) is 32.6 Å². The van der Waals surface area contributed by atoms with Gasteiger partial charge in [0.2, 0.25) is 35.4 Å². The number of fused-ring (bicyclic) bond motifs is 2. The lowest BCUT2D eigenvalue weighted by Gasteiger charge is -2.36. The molecule has 0 radical (unpaired) electrons. The summed E-state index contributed by atoms with van der Waals surface area (Å²) in [5.41, 5.74) is 1.66. The highest BCUT2D eigenvalue weighted by molar-refractivity contribution is 5.97. The van der Waals surface area contributed by atoms with Crippen molar-refractivity contribution in [1.82, 2.24) is 30.7 Å². The van der Waals surface area contributed by atoms with Crippen LogP contribution in [-0.4, -0.2) is 119 Å². The zero-order valence-corrected chi connectivity index (χ0v) is 32.5. The van der Waals surface area contributed by atoms with Gasteiger partial charge in [0.25, 0.3) is 0 Å². The fraction of sp³-hybridized carbons (Fsp3) is 0.525. The van der Waals surface area contributed by atoms with Crippen LogP contribution in [0.25, 0.3) is 0 Å². The Balaban J connectivity index is 1.49. The number of hydrogen-bond donors (Lipinski definition) is 3. The van der Waals surface area contributed by atoms with E-state index in [9.17, 15) is 42.3 Å². The molecule has 6 amide bonds. The molecule has 302 valence electrons. The molecule has 3 heterocycles. The number of likely N-dealkylation sites (N-methyl/N-ethyl adjacent to an activating group) is 1. The third-order valence-corrected chi connectivity index (χ3v) is 10.8. The maximum Gasteiger partial charge on any atom is 0.329 e. The van der Waals surface area contributed by atoms with Gasteiger partial charge < -0.3 is 35.4 Å². The van der Waals surface area contributed by atoms with Gasteiger partial charge >= 0.3 is 5.97 Å². The van der Waals surface area contributed by atoms with E-state index in [1.165, 1.54) is 42.5 Å². The van der Waals surface area contributed by atoms with Crippen LogP contribution in [-0.2, 0) is 51.1 Å². The van der Waals surface area contributed by atoms with Crippen LogP contribution in [0.5, 0.6) is 0 Å². The number of benzene rings is 2. The highest BCUT2D eigenvalue weighted by Gasteiger charge is 2.46. The molecule has 8 atom stereocenters. The van der Waals surface area contributed by atoms with Gasteiger partial charge in [0.1, 0.15) is 54.0 Å². The molecule has 0 saturated carbocycles. The highest BCUT2D eigenvalue weighted by atomic mass is 19.1. The molecule has 2 aromatic carbocycles. The second-order valence-electron chi connectivity index (χ2n) is 15.3. The van der Waals surface area contributed by atoms with Crippen molar-refractivity contribution in [2.24, 2.45) is 5.92 Å². The van der Waals surface area contributed by atoms with E-state index in [-0.39, 0.29) is 50.3 Å². The predicted octanol–water partition coefficient (Wildman–Crippen LogP) is 1.55. The lowest BCUT2D eigenvalue weighted by atomic mass is 10.0. The Morgan fingerprint density at radius 2 is 1.55 bits per heavy atom. The summed E-state index contributed by atoms with van der Waals surface area (Å²) in [5.74, 6) is -6.73. The molecule has 2 aromatic rings. The van der Waals surface area contributed by atoms with Gasteiger partial charge in [-0.2, -0.15) is 0 Å². The first kappa shape index (κ1) is 41.7. The molecule has 3 fully saturated rings. The molecule has 56 heavy (non-hydrogen) atoms. The number of esters is 1. The third kappa shape index (κ3) is 9.69. The molecule has 0 aliphatic carbocycles. The number of cyclic esters (lactones) is 1. The maximum absolute atomic E-state index is 14.5. The molecule has 0 bridgehead atoms. The van der Waals surface area contributed by atoms with Crippen LogP contribution in [0, 0.1) is 24.5 Å². The summed E-state index contributed by atoms with van der Waals surface area (Å²) in [4.78, 5) is 100. The van der Waals surface area contributed by atoms with Crippen molar-refractivity contribution >= 4 is 41.4 Å². The Kier molecular flexibility index (Phi) is 13.1. The predicted molar refractivity (Wildman–Crippen MR) is 198 cm³/mol. The van der Waals surface area contributed by atoms with E-state index in [2.05, 4.69) is 16.0 Å². The summed E-state index contributed by atoms with van der Waals surface area (Å²) in [5, 5.41) is 7.91. The molecular weight excluding hydrogens is 730 g/mol. The molecule has 0 spiro atoms. The van der Waals surface area contributed by atoms with Crippen LogP contribution in [0.4, 0.5) is 8.78 Å². The van der Waals surface area contributed by atoms with Crippen molar-refractivity contribution in [2.75, 3.05) is 20.1 Å². The number of amides is 6. The Morgan fingerprint density at radius 3 is 2.21 bits per heavy atom. The first-order valence-corrected chi connectivity index (χ1v) is 18.9. The molecular formula is C40H50F2N6O8. The maximum atomic E-state index is 14.5. The first-order chi connectivity index (χ1) is 26.4. The number of carbonyl (C=O) groups excluding carboxylic acids is 7. The summed E-state index contributed by atoms with van der Waals surface area (Å²) < 4.78 is 34.4. The van der Waals surface area contributed by atoms with E-state index in [4.69, 9.17) is 4.74 Å². The molecule has 14 nitrogen and oxygen atoms in total. The minimum absolute atomic E-state index is 0.0443. The lowest BCUT2D eigenvalue weighted by Crippen LogP contribution is -2.62. The van der Waals surface area contributed by atoms with Crippen molar-refractivity contribution in [3.05, 3.63) is 70.8 Å². The Labute approximate surface area is 324 Å². The van der Waals surface area contributed by atoms with Gasteiger partial charge in [0.05, 0.1) is 6.42 Å². The zero-order valence-electron chi connectivity index (χ0n) is 32.5. The smallest absolute Gasteiger partial charge is 0.329 e. The van der Waals surface area contributed by atoms with Crippen LogP contribution in [0.1, 0.15) is 63.6 Å². The fourth-order valence-electron chi connectivity index (χ4n) is 7.50. The SMILES string of the molecule is Cc1ccc(CC(=O)N[C@@H](Cc2cc(F)cc(F)c2)C(=O)N[C@@H]2C(=O)N3CCC[C@H]3C(=O)N(C)[C@@H](C)C(=O)N[C@@H](C)C(=O)N3C[C@@H](C)CC3C(=O)O[C@H]2C)cc1. The summed E-state index contributed by atoms with van der Waals surface area (Å²) >= 11 is 0. The summed E-state index contributed by atoms with van der Waals surface area (Å²) in [7, 11) is 1.42. The van der Waals surface area contributed by atoms with Crippen LogP contribution >= 0.6 is 0 Å². The molecule has 3 aliphatic rings. The number of halogens is 2. The van der Waals surface area contributed by atoms with Gasteiger partial charge in [-0.15, -0.1) is 0 Å². The van der Waals surface area contributed by atoms with Crippen molar-refractivity contribution in [3.8, 4) is 0 Å². The summed E-state index contributed by atoms with van der Waals surface area (Å²) in [6, 6.07) is 2.60. The Bertz CT molecular complexity index is 1840. The molecule has 0 aromatic heterocycles. The third-order valence-electron chi connectivity index (χ3n) is 10.8. The van der Waals surface area contributed by atoms with Crippen LogP contribution in [0.2, 0.25) is 0 Å². The highest BCUT2D eigenvalue weighted by Crippen LogP contribution is 2.27. The zero-order chi connectivity index (χ0) is 41.0. The molecule has 3 N–H and O–H groups in total. The van der Waals surface area contributed by atoms with Gasteiger partial charge in [-0.25, -0.2) is 13.6 Å². The average Bonchev–Trinajstić information content (AvgIpc) is 3.79. The van der Waals surface area contributed by atoms with Crippen molar-refractivity contribution in [1.29, 1.82) is 0 Å². The van der Waals surface area contributed by atoms with Crippen LogP contribution in [0.15, 0.2) is 42.5 Å². The van der Waals surface area contributed by atoms with Crippen LogP contribution in [0.3, 0.4) is 0 Å². The largest absolute Gasteiger partial charge is 0.458 e. The number of carbonyl (C=O) groups is 7. The van der Waals surface area contributed by atoms with E-state index < -0.39 is 95.4 Å². The van der Waals surface area contributed by atoms with Crippen molar-refractivity contribution in [3.63, 3.8) is 0 Å². The minimum atomic E-state index is -1.61. The standard InChI is InChI=1S/C40H50F2N6O8/c1-21-9-11-26(12-10-21)18-33(49)44-30(17-27-15-28(41)19-29(42)16-27)36(51)45-34-25(5)56-40(55)32-14-22(2)20-48(32)37(52)23(3)43-35(50)24(4)46(6)38(53)31-8-7-13-47(31)39(34)54/h9-12,15-16,19,22-25,30-32,34H,7-8,13-14,17-18,20H2,1-6H3,(H,43,50)(H,44,49)(H,45,51)/t22-,23-,24-,25-,30-,31-,32?,34-/m0/s1. The quantitative estimate of drug-likeness (QED) is 0.355. The molecule has 16 heteroatoms. The molecule has 1 unspecified atom stereocenters. The van der Waals surface area contributed by atoms with Gasteiger partial charge in [-0.05, 0) is 76.1 Å². The Hall–Kier alpha value is -5.41. The fourth-order valence-corrected chi connectivity index (χ4v) is 7.50. The lowest BCUT2D eigenvalue weighted by molar-refractivity contribution is -0.162. The molecule has 5 rings (SSSR count). The van der Waals surface area contributed by atoms with Crippen molar-refractivity contribution < 1.29 is 47.1 Å². The van der Waals surface area contributed by atoms with E-state index in [0.29, 0.717) is 18.1 Å². The second-order valence-corrected chi connectivity index (χ2v) is 15.3. The van der Waals surface area contributed by atoms with Gasteiger partial charge in [0.15, 0.2) is 0 Å². The second kappa shape index (κ2) is 17.6. The van der Waals surface area contributed by atoms with Gasteiger partial charge in [-0.3, -0.25) is 28.8 Å². The molecule has 3 saturated heterocycles. The van der Waals surface area contributed by atoms with Crippen LogP contribution < -0.4 is 16.0 Å². The topological polar surface area (TPSA) is 175 Å². The Morgan fingerprint density at radius 1 is 0.893 bits per heavy atom. The number of aryl methyl sites for hydroxylation is 1. The monoisotopic (exact) mass is 780 g/mol. The molecule has 3 aliphatic heterocycles. The van der Waals surface area contributed by atoms with E-state index in [0.717, 1.165) is 17.7 Å². The van der Waals surface area contributed by atoms with Gasteiger partial charge in [-0.1, -0.05) is 36.8 Å². The summed E-state index contributed by atoms with van der Waals surface area (Å²) in [6.07, 6.45) is -0.975. The average molecular weight is 781 g/mol. The number of hydrogen-bond acceptors (Lipinski definition) is 8. The number of nitrogens with zero attached hydrogens (tertiary/aromatic N) is 3. The summed E-state index contributed by atoms with van der Waals surface area (Å²) in [6.45, 7) is 8.42. The minimum Gasteiger partial charge on any atom is -0.458 e. The number of rotatable bonds is 7. The van der Waals surface area contributed by atoms with Crippen molar-refractivity contribution in [2.45, 2.75) is 109 Å². The number of nitrogens with one attached hydrogen (secondary N) is 3. The van der Waals surface area contributed by atoms with E-state index in [1.807, 2.05) is 26.0 Å². The number of ether oxygens (including phenoxy) is 1. The van der Waals surface area contributed by atoms with E-state index >= 15 is 0 Å². The first-order valence-electron chi connectivity index (χ1n) is 18.9. The normalized spacial score (nSPS) is 27.0.